The van der Waals surface area contributed by atoms with Gasteiger partial charge >= 0.3 is 29.6 Å². The molecule has 0 saturated carbocycles. The van der Waals surface area contributed by atoms with Gasteiger partial charge in [0.25, 0.3) is 0 Å². The van der Waals surface area contributed by atoms with Crippen LogP contribution in [0.4, 0.5) is 0 Å². The fourth-order valence-corrected chi connectivity index (χ4v) is 2.82. The predicted octanol–water partition coefficient (Wildman–Crippen LogP) is 0.176. The Labute approximate surface area is 163 Å². The van der Waals surface area contributed by atoms with E-state index in [1.165, 1.54) is 6.07 Å². The van der Waals surface area contributed by atoms with Crippen LogP contribution in [0.15, 0.2) is 77.7 Å². The van der Waals surface area contributed by atoms with Gasteiger partial charge in [-0.25, -0.2) is 8.42 Å². The van der Waals surface area contributed by atoms with Gasteiger partial charge in [-0.2, -0.15) is 0 Å². The van der Waals surface area contributed by atoms with Gasteiger partial charge in [-0.15, -0.1) is 0 Å². The Bertz CT molecular complexity index is 888. The Balaban J connectivity index is 0.000000252. The van der Waals surface area contributed by atoms with Crippen molar-refractivity contribution < 1.29 is 47.3 Å². The Kier molecular flexibility index (Phi) is 8.31. The fourth-order valence-electron chi connectivity index (χ4n) is 2.12. The summed E-state index contributed by atoms with van der Waals surface area (Å²) in [5.41, 5.74) is 1.08. The summed E-state index contributed by atoms with van der Waals surface area (Å²) in [4.78, 5) is 9.82. The number of rotatable bonds is 3. The second-order valence-electron chi connectivity index (χ2n) is 4.79. The molecule has 118 valence electrons. The maximum atomic E-state index is 10.9. The van der Waals surface area contributed by atoms with E-state index in [0.717, 1.165) is 17.2 Å². The van der Waals surface area contributed by atoms with E-state index in [-0.39, 0.29) is 34.5 Å². The van der Waals surface area contributed by atoms with Crippen molar-refractivity contribution in [2.45, 2.75) is 11.3 Å². The number of fused-ring (bicyclic) bond motifs is 1. The minimum absolute atomic E-state index is 0. The summed E-state index contributed by atoms with van der Waals surface area (Å²) in [6.45, 7) is 0. The van der Waals surface area contributed by atoms with Crippen molar-refractivity contribution in [2.24, 2.45) is 0 Å². The summed E-state index contributed by atoms with van der Waals surface area (Å²) in [6, 6.07) is 21.2. The average molecular weight is 350 g/mol. The molecule has 0 amide bonds. The molecule has 0 spiro atoms. The third kappa shape index (κ3) is 5.85. The van der Waals surface area contributed by atoms with Crippen LogP contribution in [0, 0.1) is 0 Å². The molecule has 0 atom stereocenters. The van der Waals surface area contributed by atoms with Crippen LogP contribution in [-0.2, 0) is 21.3 Å². The summed E-state index contributed by atoms with van der Waals surface area (Å²) >= 11 is 0. The summed E-state index contributed by atoms with van der Waals surface area (Å²) in [5, 5.41) is 1.23. The first-order valence-electron chi connectivity index (χ1n) is 6.93. The topological polar surface area (TPSA) is 74.3 Å². The first-order valence-corrected chi connectivity index (χ1v) is 8.34. The second-order valence-corrected chi connectivity index (χ2v) is 6.14. The molecule has 6 heteroatoms. The zero-order valence-electron chi connectivity index (χ0n) is 13.3. The van der Waals surface area contributed by atoms with Gasteiger partial charge in [0.2, 0.25) is 0 Å². The van der Waals surface area contributed by atoms with Crippen molar-refractivity contribution in [3.63, 3.8) is 0 Å². The van der Waals surface area contributed by atoms with E-state index in [4.69, 9.17) is 0 Å². The van der Waals surface area contributed by atoms with Gasteiger partial charge < -0.3 is 9.35 Å². The fraction of sp³-hybridized carbons (Fsp3) is 0.0556. The van der Waals surface area contributed by atoms with Crippen LogP contribution in [0.1, 0.15) is 5.56 Å². The summed E-state index contributed by atoms with van der Waals surface area (Å²) in [7, 11) is -4.38. The van der Waals surface area contributed by atoms with E-state index in [1.807, 2.05) is 30.3 Å². The van der Waals surface area contributed by atoms with Crippen molar-refractivity contribution >= 4 is 27.2 Å². The number of carbonyl (C=O) groups excluding carboxylic acids is 1. The molecule has 0 N–H and O–H groups in total. The largest absolute Gasteiger partial charge is 1.00 e. The average Bonchev–Trinajstić information content (AvgIpc) is 2.55. The minimum Gasteiger partial charge on any atom is -0.744 e. The van der Waals surface area contributed by atoms with Crippen LogP contribution in [0.2, 0.25) is 0 Å². The maximum Gasteiger partial charge on any atom is 1.00 e. The quantitative estimate of drug-likeness (QED) is 0.384. The van der Waals surface area contributed by atoms with Crippen LogP contribution in [0.3, 0.4) is 0 Å². The standard InChI is InChI=1S/C10H8O3S.C8H8O.Na/c11-14(12,13)10-7-3-5-8-4-1-2-6-9(8)10;9-7-6-8-4-2-1-3-5-8;/h1-7H,(H,11,12,13);1-5,7H,6H2;/q;;+1/p-1. The van der Waals surface area contributed by atoms with Gasteiger partial charge in [-0.05, 0) is 22.4 Å². The van der Waals surface area contributed by atoms with Crippen molar-refractivity contribution in [2.75, 3.05) is 0 Å². The third-order valence-electron chi connectivity index (χ3n) is 3.18. The smallest absolute Gasteiger partial charge is 0.744 e. The molecule has 3 rings (SSSR count). The Morgan fingerprint density at radius 3 is 2.04 bits per heavy atom. The van der Waals surface area contributed by atoms with Gasteiger partial charge in [-0.1, -0.05) is 66.7 Å². The van der Waals surface area contributed by atoms with E-state index in [0.29, 0.717) is 11.8 Å². The molecule has 4 nitrogen and oxygen atoms in total. The minimum atomic E-state index is -4.38. The van der Waals surface area contributed by atoms with Crippen LogP contribution in [-0.4, -0.2) is 19.3 Å². The molecule has 0 bridgehead atoms. The molecule has 0 aliphatic carbocycles. The molecule has 0 aliphatic rings. The summed E-state index contributed by atoms with van der Waals surface area (Å²) in [5.74, 6) is 0. The van der Waals surface area contributed by atoms with Crippen molar-refractivity contribution in [3.8, 4) is 0 Å². The van der Waals surface area contributed by atoms with Crippen LogP contribution >= 0.6 is 0 Å². The maximum absolute atomic E-state index is 10.9. The first-order chi connectivity index (χ1) is 11.0. The number of hydrogen-bond acceptors (Lipinski definition) is 4. The number of hydrogen-bond donors (Lipinski definition) is 0. The van der Waals surface area contributed by atoms with E-state index in [2.05, 4.69) is 0 Å². The molecule has 0 radical (unpaired) electrons. The second kappa shape index (κ2) is 9.71. The normalized spacial score (nSPS) is 10.2. The monoisotopic (exact) mass is 350 g/mol. The third-order valence-corrected chi connectivity index (χ3v) is 4.08. The van der Waals surface area contributed by atoms with Gasteiger partial charge in [0.05, 0.1) is 4.90 Å². The number of aldehydes is 1. The van der Waals surface area contributed by atoms with E-state index in [9.17, 15) is 17.8 Å². The molecule has 3 aromatic rings. The van der Waals surface area contributed by atoms with Crippen molar-refractivity contribution in [3.05, 3.63) is 78.4 Å². The summed E-state index contributed by atoms with van der Waals surface area (Å²) in [6.07, 6.45) is 1.44. The zero-order valence-corrected chi connectivity index (χ0v) is 16.1. The van der Waals surface area contributed by atoms with Crippen LogP contribution in [0.25, 0.3) is 10.8 Å². The van der Waals surface area contributed by atoms with Gasteiger partial charge in [0.15, 0.2) is 0 Å². The Morgan fingerprint density at radius 2 is 1.42 bits per heavy atom. The molecule has 0 saturated heterocycles. The van der Waals surface area contributed by atoms with Crippen LogP contribution < -0.4 is 29.6 Å². The molecule has 24 heavy (non-hydrogen) atoms. The molecular weight excluding hydrogens is 335 g/mol. The van der Waals surface area contributed by atoms with Gasteiger partial charge in [-0.3, -0.25) is 0 Å². The Morgan fingerprint density at radius 1 is 0.833 bits per heavy atom. The molecule has 0 fully saturated rings. The molecular formula is C18H15NaO4S. The number of benzene rings is 3. The van der Waals surface area contributed by atoms with Crippen LogP contribution in [0.5, 0.6) is 0 Å². The molecule has 0 unspecified atom stereocenters. The first kappa shape index (κ1) is 20.5. The number of carbonyl (C=O) groups is 1. The molecule has 0 aliphatic heterocycles. The van der Waals surface area contributed by atoms with E-state index in [1.54, 1.807) is 36.4 Å². The zero-order chi connectivity index (χ0) is 16.7. The molecule has 0 heterocycles. The summed E-state index contributed by atoms with van der Waals surface area (Å²) < 4.78 is 32.7. The van der Waals surface area contributed by atoms with Gasteiger partial charge in [0.1, 0.15) is 16.4 Å². The van der Waals surface area contributed by atoms with Crippen molar-refractivity contribution in [1.29, 1.82) is 0 Å². The molecule has 0 aromatic heterocycles. The Hall–Kier alpha value is -1.50. The van der Waals surface area contributed by atoms with Crippen molar-refractivity contribution in [1.82, 2.24) is 0 Å². The SMILES string of the molecule is O=CCc1ccccc1.O=S(=O)([O-])c1cccc2ccccc12.[Na+]. The van der Waals surface area contributed by atoms with E-state index < -0.39 is 10.1 Å². The van der Waals surface area contributed by atoms with Gasteiger partial charge in [0, 0.05) is 6.42 Å². The molecule has 3 aromatic carbocycles. The van der Waals surface area contributed by atoms with E-state index >= 15 is 0 Å². The predicted molar refractivity (Wildman–Crippen MR) is 88.1 cm³/mol.